The molecule has 0 saturated carbocycles. The van der Waals surface area contributed by atoms with E-state index in [1.165, 1.54) is 12.1 Å². The Morgan fingerprint density at radius 2 is 2.12 bits per heavy atom. The molecule has 0 atom stereocenters. The molecule has 0 saturated heterocycles. The number of rotatable bonds is 3. The molecule has 0 bridgehead atoms. The van der Waals surface area contributed by atoms with Crippen molar-refractivity contribution >= 4 is 27.7 Å². The zero-order valence-corrected chi connectivity index (χ0v) is 10.8. The van der Waals surface area contributed by atoms with Crippen LogP contribution in [0, 0.1) is 5.82 Å². The Morgan fingerprint density at radius 3 is 2.81 bits per heavy atom. The van der Waals surface area contributed by atoms with Crippen molar-refractivity contribution in [1.29, 1.82) is 0 Å². The van der Waals surface area contributed by atoms with Crippen molar-refractivity contribution in [2.45, 2.75) is 10.8 Å². The van der Waals surface area contributed by atoms with E-state index in [0.29, 0.717) is 0 Å². The monoisotopic (exact) mass is 297 g/mol. The summed E-state index contributed by atoms with van der Waals surface area (Å²) in [6.45, 7) is 0. The van der Waals surface area contributed by atoms with Gasteiger partial charge in [0.25, 0.3) is 0 Å². The summed E-state index contributed by atoms with van der Waals surface area (Å²) in [6, 6.07) is 10.5. The SMILES string of the molecule is Fc1ccc(CSc2ccccn2)c(Br)c1. The van der Waals surface area contributed by atoms with E-state index in [0.717, 1.165) is 20.8 Å². The number of nitrogens with zero attached hydrogens (tertiary/aromatic N) is 1. The van der Waals surface area contributed by atoms with Crippen LogP contribution in [-0.4, -0.2) is 4.98 Å². The first-order valence-corrected chi connectivity index (χ1v) is 6.51. The predicted octanol–water partition coefficient (Wildman–Crippen LogP) is 4.28. The van der Waals surface area contributed by atoms with Crippen molar-refractivity contribution in [2.75, 3.05) is 0 Å². The first kappa shape index (κ1) is 11.6. The van der Waals surface area contributed by atoms with Crippen LogP contribution >= 0.6 is 27.7 Å². The summed E-state index contributed by atoms with van der Waals surface area (Å²) in [7, 11) is 0. The van der Waals surface area contributed by atoms with Crippen molar-refractivity contribution in [3.05, 3.63) is 58.4 Å². The van der Waals surface area contributed by atoms with Crippen LogP contribution < -0.4 is 0 Å². The van der Waals surface area contributed by atoms with Gasteiger partial charge in [-0.25, -0.2) is 9.37 Å². The molecule has 1 aromatic carbocycles. The van der Waals surface area contributed by atoms with Crippen molar-refractivity contribution in [2.24, 2.45) is 0 Å². The van der Waals surface area contributed by atoms with Gasteiger partial charge in [0.2, 0.25) is 0 Å². The highest BCUT2D eigenvalue weighted by atomic mass is 79.9. The Labute approximate surface area is 106 Å². The van der Waals surface area contributed by atoms with Gasteiger partial charge in [-0.15, -0.1) is 11.8 Å². The van der Waals surface area contributed by atoms with Crippen LogP contribution in [0.3, 0.4) is 0 Å². The van der Waals surface area contributed by atoms with Crippen LogP contribution in [0.4, 0.5) is 4.39 Å². The highest BCUT2D eigenvalue weighted by Crippen LogP contribution is 2.26. The van der Waals surface area contributed by atoms with E-state index in [1.807, 2.05) is 18.2 Å². The molecular formula is C12H9BrFNS. The summed E-state index contributed by atoms with van der Waals surface area (Å²) in [4.78, 5) is 4.21. The van der Waals surface area contributed by atoms with Crippen LogP contribution in [0.25, 0.3) is 0 Å². The van der Waals surface area contributed by atoms with Crippen LogP contribution in [0.2, 0.25) is 0 Å². The molecule has 2 aromatic rings. The van der Waals surface area contributed by atoms with Gasteiger partial charge in [-0.2, -0.15) is 0 Å². The molecule has 1 aromatic heterocycles. The minimum atomic E-state index is -0.224. The van der Waals surface area contributed by atoms with E-state index in [1.54, 1.807) is 24.0 Å². The average molecular weight is 298 g/mol. The summed E-state index contributed by atoms with van der Waals surface area (Å²) >= 11 is 4.98. The molecule has 0 N–H and O–H groups in total. The highest BCUT2D eigenvalue weighted by Gasteiger charge is 2.02. The Hall–Kier alpha value is -0.870. The average Bonchev–Trinajstić information content (AvgIpc) is 2.29. The van der Waals surface area contributed by atoms with Crippen LogP contribution in [0.1, 0.15) is 5.56 Å². The fourth-order valence-corrected chi connectivity index (χ4v) is 2.76. The second-order valence-corrected chi connectivity index (χ2v) is 5.04. The van der Waals surface area contributed by atoms with Crippen molar-refractivity contribution < 1.29 is 4.39 Å². The number of halogens is 2. The van der Waals surface area contributed by atoms with Crippen molar-refractivity contribution in [1.82, 2.24) is 4.98 Å². The molecule has 1 nitrogen and oxygen atoms in total. The molecule has 0 spiro atoms. The van der Waals surface area contributed by atoms with Gasteiger partial charge in [0.15, 0.2) is 0 Å². The lowest BCUT2D eigenvalue weighted by molar-refractivity contribution is 0.626. The van der Waals surface area contributed by atoms with E-state index in [9.17, 15) is 4.39 Å². The Bertz CT molecular complexity index is 476. The molecule has 0 aliphatic heterocycles. The van der Waals surface area contributed by atoms with Gasteiger partial charge >= 0.3 is 0 Å². The topological polar surface area (TPSA) is 12.9 Å². The lowest BCUT2D eigenvalue weighted by Crippen LogP contribution is -1.85. The van der Waals surface area contributed by atoms with E-state index in [4.69, 9.17) is 0 Å². The Morgan fingerprint density at radius 1 is 1.25 bits per heavy atom. The smallest absolute Gasteiger partial charge is 0.124 e. The molecular weight excluding hydrogens is 289 g/mol. The largest absolute Gasteiger partial charge is 0.250 e. The quantitative estimate of drug-likeness (QED) is 0.785. The first-order chi connectivity index (χ1) is 7.75. The second-order valence-electron chi connectivity index (χ2n) is 3.19. The summed E-state index contributed by atoms with van der Waals surface area (Å²) < 4.78 is 13.7. The maximum atomic E-state index is 12.9. The lowest BCUT2D eigenvalue weighted by atomic mass is 10.2. The highest BCUT2D eigenvalue weighted by molar-refractivity contribution is 9.10. The third-order valence-corrected chi connectivity index (χ3v) is 3.76. The molecule has 0 fully saturated rings. The molecule has 1 heterocycles. The van der Waals surface area contributed by atoms with Crippen LogP contribution in [-0.2, 0) is 5.75 Å². The number of thioether (sulfide) groups is 1. The van der Waals surface area contributed by atoms with E-state index < -0.39 is 0 Å². The number of hydrogen-bond donors (Lipinski definition) is 0. The standard InChI is InChI=1S/C12H9BrFNS/c13-11-7-10(14)5-4-9(11)8-16-12-3-1-2-6-15-12/h1-7H,8H2. The first-order valence-electron chi connectivity index (χ1n) is 4.73. The third-order valence-electron chi connectivity index (χ3n) is 2.03. The second kappa shape index (κ2) is 5.46. The Kier molecular flexibility index (Phi) is 3.96. The summed E-state index contributed by atoms with van der Waals surface area (Å²) in [5.41, 5.74) is 1.07. The van der Waals surface area contributed by atoms with Gasteiger partial charge in [0, 0.05) is 16.4 Å². The summed E-state index contributed by atoms with van der Waals surface area (Å²) in [5.74, 6) is 0.552. The zero-order valence-electron chi connectivity index (χ0n) is 8.36. The molecule has 4 heteroatoms. The van der Waals surface area contributed by atoms with Gasteiger partial charge in [-0.1, -0.05) is 28.1 Å². The van der Waals surface area contributed by atoms with Gasteiger partial charge in [0.05, 0.1) is 5.03 Å². The van der Waals surface area contributed by atoms with E-state index in [2.05, 4.69) is 20.9 Å². The minimum absolute atomic E-state index is 0.224. The molecule has 0 unspecified atom stereocenters. The van der Waals surface area contributed by atoms with Crippen LogP contribution in [0.15, 0.2) is 52.1 Å². The fraction of sp³-hybridized carbons (Fsp3) is 0.0833. The number of benzene rings is 1. The van der Waals surface area contributed by atoms with Crippen molar-refractivity contribution in [3.63, 3.8) is 0 Å². The molecule has 0 radical (unpaired) electrons. The summed E-state index contributed by atoms with van der Waals surface area (Å²) in [6.07, 6.45) is 1.77. The molecule has 0 amide bonds. The number of pyridine rings is 1. The van der Waals surface area contributed by atoms with E-state index in [-0.39, 0.29) is 5.82 Å². The molecule has 2 rings (SSSR count). The predicted molar refractivity (Wildman–Crippen MR) is 67.9 cm³/mol. The minimum Gasteiger partial charge on any atom is -0.250 e. The molecule has 16 heavy (non-hydrogen) atoms. The van der Waals surface area contributed by atoms with Crippen LogP contribution in [0.5, 0.6) is 0 Å². The van der Waals surface area contributed by atoms with E-state index >= 15 is 0 Å². The van der Waals surface area contributed by atoms with Gasteiger partial charge in [-0.3, -0.25) is 0 Å². The third kappa shape index (κ3) is 3.06. The van der Waals surface area contributed by atoms with Gasteiger partial charge < -0.3 is 0 Å². The van der Waals surface area contributed by atoms with Crippen molar-refractivity contribution in [3.8, 4) is 0 Å². The number of hydrogen-bond acceptors (Lipinski definition) is 2. The maximum absolute atomic E-state index is 12.9. The molecule has 0 aliphatic carbocycles. The molecule has 0 aliphatic rings. The lowest BCUT2D eigenvalue weighted by Gasteiger charge is -2.03. The summed E-state index contributed by atoms with van der Waals surface area (Å²) in [5, 5.41) is 0.971. The van der Waals surface area contributed by atoms with Gasteiger partial charge in [0.1, 0.15) is 5.82 Å². The maximum Gasteiger partial charge on any atom is 0.124 e. The number of aromatic nitrogens is 1. The Balaban J connectivity index is 2.05. The zero-order chi connectivity index (χ0) is 11.4. The van der Waals surface area contributed by atoms with Gasteiger partial charge in [-0.05, 0) is 29.8 Å². The molecule has 82 valence electrons. The normalized spacial score (nSPS) is 10.4. The fourth-order valence-electron chi connectivity index (χ4n) is 1.22.